The summed E-state index contributed by atoms with van der Waals surface area (Å²) in [6.45, 7) is 0.372. The maximum Gasteiger partial charge on any atom is 0.138 e. The minimum atomic E-state index is 0.372. The fraction of sp³-hybridized carbons (Fsp3) is 0.143. The molecule has 0 aliphatic heterocycles. The Morgan fingerprint density at radius 1 is 0.789 bits per heavy atom. The highest BCUT2D eigenvalue weighted by Crippen LogP contribution is 2.28. The maximum atomic E-state index is 6.10. The fourth-order valence-corrected chi connectivity index (χ4v) is 2.28. The summed E-state index contributed by atoms with van der Waals surface area (Å²) in [5.74, 6) is 1.04. The van der Waals surface area contributed by atoms with E-state index in [9.17, 15) is 0 Å². The molecule has 19 heavy (non-hydrogen) atoms. The molecule has 0 aromatic heterocycles. The lowest BCUT2D eigenvalue weighted by Crippen LogP contribution is -1.96. The normalized spacial score (nSPS) is 10.5. The molecule has 0 atom stereocenters. The van der Waals surface area contributed by atoms with Crippen molar-refractivity contribution in [2.75, 3.05) is 0 Å². The molecule has 0 amide bonds. The number of alkyl halides is 1. The van der Waals surface area contributed by atoms with E-state index in [1.165, 1.54) is 0 Å². The first-order valence-electron chi connectivity index (χ1n) is 5.51. The average Bonchev–Trinajstić information content (AvgIpc) is 2.41. The Morgan fingerprint density at radius 3 is 2.11 bits per heavy atom. The summed E-state index contributed by atoms with van der Waals surface area (Å²) in [7, 11) is 0. The fourth-order valence-electron chi connectivity index (χ4n) is 1.54. The van der Waals surface area contributed by atoms with Gasteiger partial charge in [-0.05, 0) is 35.4 Å². The molecule has 0 spiro atoms. The Labute approximate surface area is 132 Å². The van der Waals surface area contributed by atoms with Gasteiger partial charge >= 0.3 is 0 Å². The quantitative estimate of drug-likeness (QED) is 0.626. The topological polar surface area (TPSA) is 9.23 Å². The summed E-state index contributed by atoms with van der Waals surface area (Å²) in [5, 5.41) is 1.57. The third-order valence-electron chi connectivity index (χ3n) is 2.53. The summed E-state index contributed by atoms with van der Waals surface area (Å²) in [6, 6.07) is 10.8. The lowest BCUT2D eigenvalue weighted by Gasteiger charge is -2.09. The zero-order valence-electron chi connectivity index (χ0n) is 9.80. The molecule has 0 fully saturated rings. The molecule has 2 rings (SSSR count). The second kappa shape index (κ2) is 6.71. The third kappa shape index (κ3) is 3.93. The number of hydrogen-bond donors (Lipinski definition) is 0. The van der Waals surface area contributed by atoms with Crippen LogP contribution in [0.1, 0.15) is 11.1 Å². The molecule has 0 saturated heterocycles. The molecule has 2 aromatic carbocycles. The molecule has 1 nitrogen and oxygen atoms in total. The molecule has 100 valence electrons. The molecule has 0 N–H and O–H groups in total. The van der Waals surface area contributed by atoms with Crippen molar-refractivity contribution in [1.29, 1.82) is 0 Å². The largest absolute Gasteiger partial charge is 0.487 e. The Bertz CT molecular complexity index is 584. The van der Waals surface area contributed by atoms with Crippen LogP contribution >= 0.6 is 46.4 Å². The van der Waals surface area contributed by atoms with Gasteiger partial charge in [-0.2, -0.15) is 0 Å². The van der Waals surface area contributed by atoms with Gasteiger partial charge in [0.25, 0.3) is 0 Å². The number of halogens is 4. The monoisotopic (exact) mass is 334 g/mol. The summed E-state index contributed by atoms with van der Waals surface area (Å²) in [5.41, 5.74) is 1.88. The molecule has 0 saturated carbocycles. The Hall–Kier alpha value is -0.600. The van der Waals surface area contributed by atoms with Crippen molar-refractivity contribution in [3.8, 4) is 5.75 Å². The maximum absolute atomic E-state index is 6.10. The van der Waals surface area contributed by atoms with Crippen molar-refractivity contribution < 1.29 is 4.74 Å². The highest BCUT2D eigenvalue weighted by atomic mass is 35.5. The summed E-state index contributed by atoms with van der Waals surface area (Å²) >= 11 is 23.6. The average molecular weight is 336 g/mol. The predicted molar refractivity (Wildman–Crippen MR) is 81.8 cm³/mol. The number of rotatable bonds is 4. The molecule has 0 unspecified atom stereocenters. The highest BCUT2D eigenvalue weighted by Gasteiger charge is 2.05. The van der Waals surface area contributed by atoms with E-state index in [4.69, 9.17) is 51.1 Å². The van der Waals surface area contributed by atoms with Crippen molar-refractivity contribution in [3.63, 3.8) is 0 Å². The minimum absolute atomic E-state index is 0.372. The first-order valence-corrected chi connectivity index (χ1v) is 7.18. The van der Waals surface area contributed by atoms with E-state index in [2.05, 4.69) is 0 Å². The first kappa shape index (κ1) is 14.8. The highest BCUT2D eigenvalue weighted by molar-refractivity contribution is 6.42. The van der Waals surface area contributed by atoms with Crippen LogP contribution in [-0.2, 0) is 12.5 Å². The van der Waals surface area contributed by atoms with Crippen LogP contribution in [0.3, 0.4) is 0 Å². The van der Waals surface area contributed by atoms with Gasteiger partial charge in [-0.15, -0.1) is 11.6 Å². The van der Waals surface area contributed by atoms with Gasteiger partial charge in [-0.25, -0.2) is 0 Å². The Kier molecular flexibility index (Phi) is 5.23. The van der Waals surface area contributed by atoms with Gasteiger partial charge < -0.3 is 4.74 Å². The molecule has 0 aliphatic carbocycles. The standard InChI is InChI=1S/C14H10Cl4O/c15-7-9-2-4-14(13(18)5-9)19-8-10-1-3-11(16)12(17)6-10/h1-6H,7-8H2. The molecule has 0 radical (unpaired) electrons. The van der Waals surface area contributed by atoms with Gasteiger partial charge in [0.15, 0.2) is 0 Å². The van der Waals surface area contributed by atoms with Crippen LogP contribution in [0.15, 0.2) is 36.4 Å². The molecular weight excluding hydrogens is 326 g/mol. The van der Waals surface area contributed by atoms with Gasteiger partial charge in [0.2, 0.25) is 0 Å². The van der Waals surface area contributed by atoms with Crippen LogP contribution < -0.4 is 4.74 Å². The van der Waals surface area contributed by atoms with Gasteiger partial charge in [-0.1, -0.05) is 46.9 Å². The van der Waals surface area contributed by atoms with E-state index >= 15 is 0 Å². The van der Waals surface area contributed by atoms with Crippen molar-refractivity contribution >= 4 is 46.4 Å². The Balaban J connectivity index is 2.07. The smallest absolute Gasteiger partial charge is 0.138 e. The third-order valence-corrected chi connectivity index (χ3v) is 3.87. The van der Waals surface area contributed by atoms with Crippen LogP contribution in [-0.4, -0.2) is 0 Å². The van der Waals surface area contributed by atoms with E-state index in [0.29, 0.717) is 33.3 Å². The molecule has 0 aliphatic rings. The molecule has 0 bridgehead atoms. The number of ether oxygens (including phenoxy) is 1. The van der Waals surface area contributed by atoms with Crippen molar-refractivity contribution in [2.24, 2.45) is 0 Å². The predicted octanol–water partition coefficient (Wildman–Crippen LogP) is 5.96. The van der Waals surface area contributed by atoms with Gasteiger partial charge in [0.05, 0.1) is 15.1 Å². The van der Waals surface area contributed by atoms with Crippen molar-refractivity contribution in [1.82, 2.24) is 0 Å². The van der Waals surface area contributed by atoms with E-state index in [0.717, 1.165) is 11.1 Å². The van der Waals surface area contributed by atoms with Gasteiger partial charge in [0, 0.05) is 5.88 Å². The summed E-state index contributed by atoms with van der Waals surface area (Å²) < 4.78 is 5.64. The van der Waals surface area contributed by atoms with Crippen molar-refractivity contribution in [3.05, 3.63) is 62.6 Å². The molecule has 2 aromatic rings. The lowest BCUT2D eigenvalue weighted by atomic mass is 10.2. The van der Waals surface area contributed by atoms with Crippen LogP contribution in [0.4, 0.5) is 0 Å². The van der Waals surface area contributed by atoms with Crippen LogP contribution in [0.25, 0.3) is 0 Å². The molecule has 0 heterocycles. The molecular formula is C14H10Cl4O. The van der Waals surface area contributed by atoms with Crippen LogP contribution in [0, 0.1) is 0 Å². The Morgan fingerprint density at radius 2 is 1.47 bits per heavy atom. The second-order valence-corrected chi connectivity index (χ2v) is 5.42. The van der Waals surface area contributed by atoms with Gasteiger partial charge in [0.1, 0.15) is 12.4 Å². The lowest BCUT2D eigenvalue weighted by molar-refractivity contribution is 0.306. The first-order chi connectivity index (χ1) is 9.10. The zero-order valence-corrected chi connectivity index (χ0v) is 12.8. The van der Waals surface area contributed by atoms with Crippen LogP contribution in [0.2, 0.25) is 15.1 Å². The van der Waals surface area contributed by atoms with E-state index in [1.54, 1.807) is 24.3 Å². The van der Waals surface area contributed by atoms with Crippen LogP contribution in [0.5, 0.6) is 5.75 Å². The number of benzene rings is 2. The van der Waals surface area contributed by atoms with E-state index in [1.807, 2.05) is 12.1 Å². The minimum Gasteiger partial charge on any atom is -0.487 e. The number of hydrogen-bond acceptors (Lipinski definition) is 1. The summed E-state index contributed by atoms with van der Waals surface area (Å²) in [4.78, 5) is 0. The zero-order chi connectivity index (χ0) is 13.8. The SMILES string of the molecule is ClCc1ccc(OCc2ccc(Cl)c(Cl)c2)c(Cl)c1. The van der Waals surface area contributed by atoms with E-state index in [-0.39, 0.29) is 0 Å². The van der Waals surface area contributed by atoms with Crippen molar-refractivity contribution in [2.45, 2.75) is 12.5 Å². The second-order valence-electron chi connectivity index (χ2n) is 3.94. The summed E-state index contributed by atoms with van der Waals surface area (Å²) in [6.07, 6.45) is 0. The van der Waals surface area contributed by atoms with Gasteiger partial charge in [-0.3, -0.25) is 0 Å². The van der Waals surface area contributed by atoms with E-state index < -0.39 is 0 Å². The molecule has 5 heteroatoms.